The lowest BCUT2D eigenvalue weighted by Crippen LogP contribution is -3.06. The number of amides is 1. The second-order valence-corrected chi connectivity index (χ2v) is 5.87. The molecule has 0 spiro atoms. The van der Waals surface area contributed by atoms with Crippen LogP contribution in [0.2, 0.25) is 0 Å². The largest absolute Gasteiger partial charge is 0.338 e. The zero-order valence-corrected chi connectivity index (χ0v) is 12.4. The molecule has 0 saturated carbocycles. The Kier molecular flexibility index (Phi) is 4.29. The average Bonchev–Trinajstić information content (AvgIpc) is 2.72. The van der Waals surface area contributed by atoms with E-state index >= 15 is 0 Å². The van der Waals surface area contributed by atoms with Crippen molar-refractivity contribution in [3.63, 3.8) is 0 Å². The quantitative estimate of drug-likeness (QED) is 0.917. The van der Waals surface area contributed by atoms with Gasteiger partial charge in [0.1, 0.15) is 11.3 Å². The number of anilines is 1. The van der Waals surface area contributed by atoms with Crippen molar-refractivity contribution in [2.45, 2.75) is 6.92 Å². The molecule has 1 N–H and O–H groups in total. The molecular formula is C13H16F2N3OS+. The number of hydrogen-bond acceptors (Lipinski definition) is 3. The van der Waals surface area contributed by atoms with Crippen LogP contribution in [0.3, 0.4) is 0 Å². The first-order chi connectivity index (χ1) is 9.38. The highest BCUT2D eigenvalue weighted by Gasteiger charge is 2.19. The van der Waals surface area contributed by atoms with Gasteiger partial charge in [-0.25, -0.2) is 13.8 Å². The lowest BCUT2D eigenvalue weighted by Gasteiger charge is -2.18. The second-order valence-electron chi connectivity index (χ2n) is 4.86. The third-order valence-electron chi connectivity index (χ3n) is 2.85. The van der Waals surface area contributed by atoms with Crippen LogP contribution in [0.1, 0.15) is 6.92 Å². The summed E-state index contributed by atoms with van der Waals surface area (Å²) in [4.78, 5) is 18.5. The number of likely N-dealkylation sites (N-methyl/N-ethyl adjacent to an activating group) is 1. The summed E-state index contributed by atoms with van der Waals surface area (Å²) in [5.41, 5.74) is 0.106. The van der Waals surface area contributed by atoms with Crippen molar-refractivity contribution in [1.82, 2.24) is 4.98 Å². The SMILES string of the molecule is CC(=O)N(CC[NH+](C)C)c1nc2c(F)cc(F)cc2s1. The zero-order chi connectivity index (χ0) is 14.9. The highest BCUT2D eigenvalue weighted by molar-refractivity contribution is 7.22. The molecule has 0 aliphatic rings. The summed E-state index contributed by atoms with van der Waals surface area (Å²) >= 11 is 1.12. The van der Waals surface area contributed by atoms with Gasteiger partial charge in [-0.1, -0.05) is 11.3 Å². The summed E-state index contributed by atoms with van der Waals surface area (Å²) in [7, 11) is 3.96. The van der Waals surface area contributed by atoms with E-state index < -0.39 is 11.6 Å². The number of nitrogens with zero attached hydrogens (tertiary/aromatic N) is 2. The highest BCUT2D eigenvalue weighted by atomic mass is 32.1. The maximum atomic E-state index is 13.6. The minimum absolute atomic E-state index is 0.106. The number of nitrogens with one attached hydrogen (secondary N) is 1. The van der Waals surface area contributed by atoms with Crippen LogP contribution in [0.5, 0.6) is 0 Å². The molecule has 0 radical (unpaired) electrons. The van der Waals surface area contributed by atoms with Gasteiger partial charge in [0.05, 0.1) is 31.9 Å². The summed E-state index contributed by atoms with van der Waals surface area (Å²) in [5, 5.41) is 0.401. The molecule has 0 saturated heterocycles. The molecule has 2 aromatic rings. The molecule has 2 rings (SSSR count). The van der Waals surface area contributed by atoms with Crippen molar-refractivity contribution in [3.05, 3.63) is 23.8 Å². The molecule has 0 bridgehead atoms. The van der Waals surface area contributed by atoms with E-state index in [2.05, 4.69) is 4.98 Å². The normalized spacial score (nSPS) is 11.3. The summed E-state index contributed by atoms with van der Waals surface area (Å²) in [6, 6.07) is 2.03. The van der Waals surface area contributed by atoms with E-state index in [9.17, 15) is 13.6 Å². The Morgan fingerprint density at radius 2 is 2.10 bits per heavy atom. The lowest BCUT2D eigenvalue weighted by molar-refractivity contribution is -0.856. The van der Waals surface area contributed by atoms with Crippen LogP contribution in [0, 0.1) is 11.6 Å². The number of carbonyl (C=O) groups excluding carboxylic acids is 1. The number of hydrogen-bond donors (Lipinski definition) is 1. The maximum Gasteiger partial charge on any atom is 0.225 e. The lowest BCUT2D eigenvalue weighted by atomic mass is 10.3. The van der Waals surface area contributed by atoms with Gasteiger partial charge in [-0.2, -0.15) is 0 Å². The van der Waals surface area contributed by atoms with E-state index in [4.69, 9.17) is 0 Å². The van der Waals surface area contributed by atoms with E-state index in [1.807, 2.05) is 14.1 Å². The molecule has 1 heterocycles. The van der Waals surface area contributed by atoms with Crippen LogP contribution in [-0.4, -0.2) is 38.1 Å². The predicted octanol–water partition coefficient (Wildman–Crippen LogP) is 1.07. The van der Waals surface area contributed by atoms with Crippen LogP contribution in [0.4, 0.5) is 13.9 Å². The molecule has 0 atom stereocenters. The zero-order valence-electron chi connectivity index (χ0n) is 11.5. The molecule has 1 aromatic heterocycles. The third-order valence-corrected chi connectivity index (χ3v) is 3.87. The molecule has 0 fully saturated rings. The van der Waals surface area contributed by atoms with Gasteiger partial charge < -0.3 is 4.90 Å². The van der Waals surface area contributed by atoms with E-state index in [-0.39, 0.29) is 11.4 Å². The maximum absolute atomic E-state index is 13.6. The number of fused-ring (bicyclic) bond motifs is 1. The number of benzene rings is 1. The Bertz CT molecular complexity index is 642. The summed E-state index contributed by atoms with van der Waals surface area (Å²) in [6.45, 7) is 2.67. The molecule has 0 aliphatic heterocycles. The smallest absolute Gasteiger partial charge is 0.225 e. The van der Waals surface area contributed by atoms with Gasteiger partial charge in [0.15, 0.2) is 10.9 Å². The van der Waals surface area contributed by atoms with Gasteiger partial charge >= 0.3 is 0 Å². The second kappa shape index (κ2) is 5.80. The minimum atomic E-state index is -0.704. The van der Waals surface area contributed by atoms with E-state index in [1.165, 1.54) is 22.8 Å². The molecule has 0 aliphatic carbocycles. The number of halogens is 2. The molecule has 7 heteroatoms. The fourth-order valence-electron chi connectivity index (χ4n) is 1.78. The van der Waals surface area contributed by atoms with Crippen molar-refractivity contribution in [2.24, 2.45) is 0 Å². The Morgan fingerprint density at radius 3 is 2.70 bits per heavy atom. The van der Waals surface area contributed by atoms with Crippen LogP contribution in [0.15, 0.2) is 12.1 Å². The molecule has 1 aromatic carbocycles. The standard InChI is InChI=1S/C13H15F2N3OS/c1-8(19)18(5-4-17(2)3)13-16-12-10(15)6-9(14)7-11(12)20-13/h6-7H,4-5H2,1-3H3/p+1. The number of carbonyl (C=O) groups is 1. The van der Waals surface area contributed by atoms with Crippen molar-refractivity contribution in [3.8, 4) is 0 Å². The van der Waals surface area contributed by atoms with Crippen LogP contribution < -0.4 is 9.80 Å². The molecule has 4 nitrogen and oxygen atoms in total. The van der Waals surface area contributed by atoms with Gasteiger partial charge in [0.2, 0.25) is 5.91 Å². The van der Waals surface area contributed by atoms with Crippen molar-refractivity contribution in [1.29, 1.82) is 0 Å². The van der Waals surface area contributed by atoms with Gasteiger partial charge in [-0.15, -0.1) is 0 Å². The van der Waals surface area contributed by atoms with Gasteiger partial charge in [-0.05, 0) is 6.07 Å². The van der Waals surface area contributed by atoms with Crippen molar-refractivity contribution >= 4 is 32.6 Å². The Labute approximate surface area is 119 Å². The first-order valence-electron chi connectivity index (χ1n) is 6.21. The molecular weight excluding hydrogens is 284 g/mol. The number of thiazole rings is 1. The number of rotatable bonds is 4. The van der Waals surface area contributed by atoms with Crippen molar-refractivity contribution in [2.75, 3.05) is 32.1 Å². The summed E-state index contributed by atoms with van der Waals surface area (Å²) in [6.07, 6.45) is 0. The summed E-state index contributed by atoms with van der Waals surface area (Å²) in [5.74, 6) is -1.51. The molecule has 20 heavy (non-hydrogen) atoms. The van der Waals surface area contributed by atoms with E-state index in [1.54, 1.807) is 0 Å². The Balaban J connectivity index is 2.38. The first kappa shape index (κ1) is 14.8. The number of aromatic nitrogens is 1. The fraction of sp³-hybridized carbons (Fsp3) is 0.385. The molecule has 1 amide bonds. The minimum Gasteiger partial charge on any atom is -0.338 e. The Morgan fingerprint density at radius 1 is 1.40 bits per heavy atom. The topological polar surface area (TPSA) is 37.6 Å². The Hall–Kier alpha value is -1.60. The monoisotopic (exact) mass is 300 g/mol. The highest BCUT2D eigenvalue weighted by Crippen LogP contribution is 2.30. The van der Waals surface area contributed by atoms with E-state index in [0.29, 0.717) is 16.4 Å². The van der Waals surface area contributed by atoms with Gasteiger partial charge in [0.25, 0.3) is 0 Å². The number of quaternary nitrogens is 1. The van der Waals surface area contributed by atoms with Crippen molar-refractivity contribution < 1.29 is 18.5 Å². The van der Waals surface area contributed by atoms with Crippen LogP contribution >= 0.6 is 11.3 Å². The van der Waals surface area contributed by atoms with Gasteiger partial charge in [0, 0.05) is 13.0 Å². The van der Waals surface area contributed by atoms with E-state index in [0.717, 1.165) is 23.9 Å². The van der Waals surface area contributed by atoms with Gasteiger partial charge in [-0.3, -0.25) is 9.69 Å². The fourth-order valence-corrected chi connectivity index (χ4v) is 2.86. The predicted molar refractivity (Wildman–Crippen MR) is 75.2 cm³/mol. The first-order valence-corrected chi connectivity index (χ1v) is 7.03. The van der Waals surface area contributed by atoms with Crippen LogP contribution in [0.25, 0.3) is 10.2 Å². The summed E-state index contributed by atoms with van der Waals surface area (Å²) < 4.78 is 27.2. The van der Waals surface area contributed by atoms with Crippen LogP contribution in [-0.2, 0) is 4.79 Å². The average molecular weight is 300 g/mol. The molecule has 0 unspecified atom stereocenters. The molecule has 108 valence electrons. The third kappa shape index (κ3) is 3.10.